The number of β-amino-alcohol motifs (C(OH)–C–C–N with tert-alkyl or cyclic N) is 1. The average molecular weight is 499 g/mol. The molecule has 0 aliphatic carbocycles. The number of halogens is 1. The van der Waals surface area contributed by atoms with Crippen molar-refractivity contribution in [1.82, 2.24) is 20.3 Å². The maximum absolute atomic E-state index is 13.2. The smallest absolute Gasteiger partial charge is 0.123 e. The molecule has 9 heteroatoms. The Hall–Kier alpha value is -2.56. The third-order valence-electron chi connectivity index (χ3n) is 6.47. The van der Waals surface area contributed by atoms with Crippen LogP contribution in [-0.4, -0.2) is 77.5 Å². The number of nitrogens with zero attached hydrogens (tertiary/aromatic N) is 3. The van der Waals surface area contributed by atoms with Crippen LogP contribution < -0.4 is 10.2 Å². The topological polar surface area (TPSA) is 70.1 Å². The third kappa shape index (κ3) is 5.99. The quantitative estimate of drug-likeness (QED) is 0.493. The van der Waals surface area contributed by atoms with Crippen molar-refractivity contribution < 1.29 is 19.1 Å². The molecule has 0 radical (unpaired) electrons. The van der Waals surface area contributed by atoms with E-state index in [9.17, 15) is 9.50 Å². The highest BCUT2D eigenvalue weighted by atomic mass is 32.1. The average Bonchev–Trinajstić information content (AvgIpc) is 3.45. The molecule has 0 spiro atoms. The van der Waals surface area contributed by atoms with Gasteiger partial charge in [-0.1, -0.05) is 0 Å². The summed E-state index contributed by atoms with van der Waals surface area (Å²) in [7, 11) is 0. The van der Waals surface area contributed by atoms with Gasteiger partial charge in [-0.2, -0.15) is 0 Å². The highest BCUT2D eigenvalue weighted by Gasteiger charge is 2.28. The molecule has 0 bridgehead atoms. The van der Waals surface area contributed by atoms with Gasteiger partial charge in [-0.25, -0.2) is 9.37 Å². The van der Waals surface area contributed by atoms with E-state index in [1.165, 1.54) is 12.1 Å². The zero-order chi connectivity index (χ0) is 24.4. The summed E-state index contributed by atoms with van der Waals surface area (Å²) in [4.78, 5) is 14.9. The molecule has 35 heavy (non-hydrogen) atoms. The Bertz CT molecular complexity index is 1190. The first kappa shape index (κ1) is 24.1. The Kier molecular flexibility index (Phi) is 7.31. The molecule has 2 aromatic carbocycles. The van der Waals surface area contributed by atoms with Crippen LogP contribution >= 0.6 is 11.3 Å². The molecule has 0 saturated carbocycles. The Morgan fingerprint density at radius 1 is 1.26 bits per heavy atom. The van der Waals surface area contributed by atoms with Crippen LogP contribution in [0.25, 0.3) is 15.9 Å². The summed E-state index contributed by atoms with van der Waals surface area (Å²) in [5, 5.41) is 11.6. The number of nitrogens with one attached hydrogen (secondary N) is 1. The van der Waals surface area contributed by atoms with Gasteiger partial charge in [0.05, 0.1) is 20.9 Å². The number of aromatic nitrogens is 1. The summed E-state index contributed by atoms with van der Waals surface area (Å²) in [6.07, 6.45) is 1.42. The molecular formula is C26H31FN4O3S. The highest BCUT2D eigenvalue weighted by molar-refractivity contribution is 7.18. The van der Waals surface area contributed by atoms with Crippen molar-refractivity contribution in [2.24, 2.45) is 0 Å². The summed E-state index contributed by atoms with van der Waals surface area (Å²) in [6.45, 7) is 8.44. The van der Waals surface area contributed by atoms with Gasteiger partial charge in [0.2, 0.25) is 0 Å². The van der Waals surface area contributed by atoms with E-state index in [-0.39, 0.29) is 18.5 Å². The number of aliphatic hydroxyl groups is 1. The second-order valence-electron chi connectivity index (χ2n) is 9.28. The van der Waals surface area contributed by atoms with Crippen molar-refractivity contribution in [3.05, 3.63) is 64.9 Å². The minimum absolute atomic E-state index is 0.0677. The summed E-state index contributed by atoms with van der Waals surface area (Å²) in [6, 6.07) is 12.6. The lowest BCUT2D eigenvalue weighted by molar-refractivity contribution is -0.00924. The van der Waals surface area contributed by atoms with Gasteiger partial charge in [0, 0.05) is 44.8 Å². The second-order valence-corrected chi connectivity index (χ2v) is 10.5. The standard InChI is InChI=1S/C26H31FN4O3S/c1-17-13-30(14-21(32)16-33-22-7-8-26-25(11-22)28-18(2)35-26)9-10-31(17)15-23-12-24(29-34-23)19-3-5-20(27)6-4-19/h3-8,11-12,17,21,23,29,32H,9-10,13-16H2,1-2H3/t17-,21?,23+/m0/s1. The van der Waals surface area contributed by atoms with Crippen molar-refractivity contribution in [3.8, 4) is 5.75 Å². The van der Waals surface area contributed by atoms with E-state index >= 15 is 0 Å². The zero-order valence-corrected chi connectivity index (χ0v) is 20.8. The van der Waals surface area contributed by atoms with Gasteiger partial charge in [-0.05, 0) is 61.9 Å². The molecule has 2 aliphatic heterocycles. The van der Waals surface area contributed by atoms with Gasteiger partial charge >= 0.3 is 0 Å². The van der Waals surface area contributed by atoms with Crippen LogP contribution in [0, 0.1) is 12.7 Å². The number of fused-ring (bicyclic) bond motifs is 1. The molecule has 186 valence electrons. The van der Waals surface area contributed by atoms with E-state index in [0.29, 0.717) is 12.6 Å². The van der Waals surface area contributed by atoms with E-state index < -0.39 is 6.10 Å². The van der Waals surface area contributed by atoms with Crippen LogP contribution in [0.5, 0.6) is 5.75 Å². The van der Waals surface area contributed by atoms with Crippen molar-refractivity contribution in [1.29, 1.82) is 0 Å². The summed E-state index contributed by atoms with van der Waals surface area (Å²) < 4.78 is 20.2. The third-order valence-corrected chi connectivity index (χ3v) is 7.42. The molecule has 0 amide bonds. The van der Waals surface area contributed by atoms with E-state index in [0.717, 1.165) is 58.4 Å². The fourth-order valence-electron chi connectivity index (χ4n) is 4.66. The number of piperazine rings is 1. The first-order valence-electron chi connectivity index (χ1n) is 12.0. The van der Waals surface area contributed by atoms with E-state index in [2.05, 4.69) is 33.3 Å². The summed E-state index contributed by atoms with van der Waals surface area (Å²) in [5.41, 5.74) is 5.68. The second kappa shape index (κ2) is 10.6. The van der Waals surface area contributed by atoms with Gasteiger partial charge in [-0.3, -0.25) is 20.1 Å². The van der Waals surface area contributed by atoms with Gasteiger partial charge in [0.15, 0.2) is 0 Å². The van der Waals surface area contributed by atoms with Crippen LogP contribution in [0.4, 0.5) is 4.39 Å². The Morgan fingerprint density at radius 3 is 2.89 bits per heavy atom. The molecular weight excluding hydrogens is 467 g/mol. The Balaban J connectivity index is 1.07. The maximum atomic E-state index is 13.2. The number of hydrogen-bond donors (Lipinski definition) is 2. The number of hydroxylamine groups is 1. The molecule has 1 saturated heterocycles. The minimum atomic E-state index is -0.565. The van der Waals surface area contributed by atoms with E-state index in [4.69, 9.17) is 9.57 Å². The zero-order valence-electron chi connectivity index (χ0n) is 20.0. The van der Waals surface area contributed by atoms with Crippen molar-refractivity contribution in [2.75, 3.05) is 39.3 Å². The molecule has 1 aromatic heterocycles. The highest BCUT2D eigenvalue weighted by Crippen LogP contribution is 2.26. The fraction of sp³-hybridized carbons (Fsp3) is 0.423. The van der Waals surface area contributed by atoms with Crippen LogP contribution in [0.2, 0.25) is 0 Å². The van der Waals surface area contributed by atoms with Crippen LogP contribution in [0.15, 0.2) is 48.5 Å². The van der Waals surface area contributed by atoms with Crippen molar-refractivity contribution in [2.45, 2.75) is 32.1 Å². The normalized spacial score (nSPS) is 22.2. The Morgan fingerprint density at radius 2 is 2.09 bits per heavy atom. The molecule has 1 fully saturated rings. The number of aliphatic hydroxyl groups excluding tert-OH is 1. The van der Waals surface area contributed by atoms with Gasteiger partial charge in [0.1, 0.15) is 30.4 Å². The number of ether oxygens (including phenoxy) is 1. The monoisotopic (exact) mass is 498 g/mol. The number of rotatable bonds is 8. The van der Waals surface area contributed by atoms with Gasteiger partial charge in [0.25, 0.3) is 0 Å². The molecule has 7 nitrogen and oxygen atoms in total. The predicted octanol–water partition coefficient (Wildman–Crippen LogP) is 3.43. The fourth-order valence-corrected chi connectivity index (χ4v) is 5.47. The van der Waals surface area contributed by atoms with Gasteiger partial charge < -0.3 is 9.84 Å². The molecule has 3 aromatic rings. The summed E-state index contributed by atoms with van der Waals surface area (Å²) >= 11 is 1.66. The summed E-state index contributed by atoms with van der Waals surface area (Å²) in [5.74, 6) is 0.485. The van der Waals surface area contributed by atoms with Gasteiger partial charge in [-0.15, -0.1) is 11.3 Å². The lowest BCUT2D eigenvalue weighted by Crippen LogP contribution is -2.55. The Labute approximate surface area is 208 Å². The largest absolute Gasteiger partial charge is 0.491 e. The lowest BCUT2D eigenvalue weighted by atomic mass is 10.1. The van der Waals surface area contributed by atoms with Crippen LogP contribution in [0.1, 0.15) is 17.5 Å². The molecule has 1 unspecified atom stereocenters. The minimum Gasteiger partial charge on any atom is -0.491 e. The van der Waals surface area contributed by atoms with Crippen molar-refractivity contribution >= 4 is 27.3 Å². The first-order valence-corrected chi connectivity index (χ1v) is 12.8. The molecule has 2 N–H and O–H groups in total. The molecule has 3 atom stereocenters. The van der Waals surface area contributed by atoms with Crippen molar-refractivity contribution in [3.63, 3.8) is 0 Å². The SMILES string of the molecule is Cc1nc2cc(OCC(O)CN3CCN(C[C@H]4C=C(c5ccc(F)cc5)NO4)[C@@H](C)C3)ccc2s1. The number of hydrogen-bond acceptors (Lipinski definition) is 8. The first-order chi connectivity index (χ1) is 16.9. The maximum Gasteiger partial charge on any atom is 0.123 e. The number of benzene rings is 2. The molecule has 5 rings (SSSR count). The number of aryl methyl sites for hydroxylation is 1. The van der Waals surface area contributed by atoms with E-state index in [1.807, 2.05) is 25.1 Å². The predicted molar refractivity (Wildman–Crippen MR) is 136 cm³/mol. The van der Waals surface area contributed by atoms with Crippen LogP contribution in [-0.2, 0) is 4.84 Å². The van der Waals surface area contributed by atoms with E-state index in [1.54, 1.807) is 23.5 Å². The lowest BCUT2D eigenvalue weighted by Gasteiger charge is -2.41. The molecule has 3 heterocycles. The van der Waals surface area contributed by atoms with Crippen LogP contribution in [0.3, 0.4) is 0 Å². The number of thiazole rings is 1. The molecule has 2 aliphatic rings.